The van der Waals surface area contributed by atoms with E-state index in [1.54, 1.807) is 13.3 Å². The Morgan fingerprint density at radius 2 is 2.19 bits per heavy atom. The molecule has 1 aromatic heterocycles. The van der Waals surface area contributed by atoms with Gasteiger partial charge < -0.3 is 15.1 Å². The molecule has 1 heterocycles. The predicted octanol–water partition coefficient (Wildman–Crippen LogP) is 1.43. The summed E-state index contributed by atoms with van der Waals surface area (Å²) in [7, 11) is -1.23. The van der Waals surface area contributed by atoms with Gasteiger partial charge in [0.15, 0.2) is 5.96 Å². The van der Waals surface area contributed by atoms with E-state index < -0.39 is 9.84 Å². The quantitative estimate of drug-likeness (QED) is 0.389. The number of hydrogen-bond acceptors (Lipinski definition) is 4. The van der Waals surface area contributed by atoms with E-state index in [0.29, 0.717) is 18.9 Å². The molecule has 0 aliphatic heterocycles. The summed E-state index contributed by atoms with van der Waals surface area (Å²) in [5.41, 5.74) is 0. The van der Waals surface area contributed by atoms with Crippen LogP contribution in [0.5, 0.6) is 0 Å². The van der Waals surface area contributed by atoms with Crippen LogP contribution < -0.4 is 10.6 Å². The van der Waals surface area contributed by atoms with Crippen molar-refractivity contribution < 1.29 is 12.8 Å². The molecule has 1 unspecified atom stereocenters. The largest absolute Gasteiger partial charge is 0.469 e. The van der Waals surface area contributed by atoms with E-state index >= 15 is 0 Å². The lowest BCUT2D eigenvalue weighted by molar-refractivity contribution is 0.506. The number of furan rings is 1. The molecule has 1 aromatic rings. The van der Waals surface area contributed by atoms with Crippen LogP contribution in [0.25, 0.3) is 0 Å². The third-order valence-corrected chi connectivity index (χ3v) is 3.75. The summed E-state index contributed by atoms with van der Waals surface area (Å²) < 4.78 is 27.5. The minimum absolute atomic E-state index is 0. The molecule has 0 saturated carbocycles. The Morgan fingerprint density at radius 1 is 1.48 bits per heavy atom. The second kappa shape index (κ2) is 10.0. The second-order valence-corrected chi connectivity index (χ2v) is 7.05. The first-order chi connectivity index (χ1) is 9.40. The number of hydrogen-bond donors (Lipinski definition) is 2. The molecule has 0 bridgehead atoms. The van der Waals surface area contributed by atoms with E-state index in [1.807, 2.05) is 19.1 Å². The average molecular weight is 429 g/mol. The molecule has 6 nitrogen and oxygen atoms in total. The molecular formula is C13H24IN3O3S. The number of aliphatic imine (C=N–C) groups is 1. The van der Waals surface area contributed by atoms with Gasteiger partial charge in [0.2, 0.25) is 0 Å². The van der Waals surface area contributed by atoms with E-state index in [2.05, 4.69) is 15.6 Å². The van der Waals surface area contributed by atoms with Crippen LogP contribution in [0.15, 0.2) is 27.8 Å². The lowest BCUT2D eigenvalue weighted by Gasteiger charge is -2.17. The van der Waals surface area contributed by atoms with Gasteiger partial charge in [0, 0.05) is 32.3 Å². The topological polar surface area (TPSA) is 83.7 Å². The molecule has 0 amide bonds. The summed E-state index contributed by atoms with van der Waals surface area (Å²) in [6, 6.07) is 3.82. The van der Waals surface area contributed by atoms with Gasteiger partial charge in [-0.25, -0.2) is 8.42 Å². The number of sulfone groups is 1. The van der Waals surface area contributed by atoms with Crippen molar-refractivity contribution in [1.82, 2.24) is 10.6 Å². The maximum atomic E-state index is 11.1. The molecule has 0 fully saturated rings. The highest BCUT2D eigenvalue weighted by molar-refractivity contribution is 14.0. The number of rotatable bonds is 7. The minimum atomic E-state index is -2.92. The van der Waals surface area contributed by atoms with Gasteiger partial charge in [0.05, 0.1) is 12.0 Å². The third-order valence-electron chi connectivity index (χ3n) is 2.77. The average Bonchev–Trinajstić information content (AvgIpc) is 2.87. The Balaban J connectivity index is 0.00000400. The second-order valence-electron chi connectivity index (χ2n) is 4.79. The van der Waals surface area contributed by atoms with Crippen LogP contribution in [0.3, 0.4) is 0 Å². The molecule has 8 heteroatoms. The van der Waals surface area contributed by atoms with E-state index in [-0.39, 0.29) is 35.8 Å². The Kier molecular flexibility index (Phi) is 9.67. The zero-order chi connectivity index (χ0) is 15.0. The van der Waals surface area contributed by atoms with Crippen LogP contribution in [-0.4, -0.2) is 46.0 Å². The summed E-state index contributed by atoms with van der Waals surface area (Å²) in [5.74, 6) is 1.75. The van der Waals surface area contributed by atoms with Crippen LogP contribution in [0.2, 0.25) is 0 Å². The molecule has 21 heavy (non-hydrogen) atoms. The molecule has 0 aliphatic carbocycles. The summed E-state index contributed by atoms with van der Waals surface area (Å²) >= 11 is 0. The summed E-state index contributed by atoms with van der Waals surface area (Å²) in [4.78, 5) is 4.11. The molecular weight excluding hydrogens is 405 g/mol. The van der Waals surface area contributed by atoms with Crippen molar-refractivity contribution in [2.75, 3.05) is 25.6 Å². The Bertz CT molecular complexity index is 515. The monoisotopic (exact) mass is 429 g/mol. The highest BCUT2D eigenvalue weighted by Crippen LogP contribution is 1.99. The van der Waals surface area contributed by atoms with E-state index in [4.69, 9.17) is 4.42 Å². The normalized spacial score (nSPS) is 13.4. The van der Waals surface area contributed by atoms with Crippen LogP contribution in [-0.2, 0) is 16.3 Å². The molecule has 0 radical (unpaired) electrons. The fourth-order valence-electron chi connectivity index (χ4n) is 1.65. The van der Waals surface area contributed by atoms with Gasteiger partial charge >= 0.3 is 0 Å². The minimum Gasteiger partial charge on any atom is -0.469 e. The maximum Gasteiger partial charge on any atom is 0.191 e. The lowest BCUT2D eigenvalue weighted by atomic mass is 10.2. The molecule has 1 atom stereocenters. The first kappa shape index (κ1) is 20.2. The van der Waals surface area contributed by atoms with Crippen molar-refractivity contribution in [2.45, 2.75) is 25.8 Å². The van der Waals surface area contributed by atoms with Crippen molar-refractivity contribution in [3.05, 3.63) is 24.2 Å². The van der Waals surface area contributed by atoms with Gasteiger partial charge in [-0.05, 0) is 25.5 Å². The molecule has 0 spiro atoms. The van der Waals surface area contributed by atoms with Gasteiger partial charge in [-0.1, -0.05) is 0 Å². The number of guanidine groups is 1. The first-order valence-corrected chi connectivity index (χ1v) is 8.64. The van der Waals surface area contributed by atoms with Gasteiger partial charge in [-0.15, -0.1) is 24.0 Å². The maximum absolute atomic E-state index is 11.1. The van der Waals surface area contributed by atoms with E-state index in [1.165, 1.54) is 6.26 Å². The van der Waals surface area contributed by atoms with Crippen LogP contribution >= 0.6 is 24.0 Å². The fraction of sp³-hybridized carbons (Fsp3) is 0.615. The van der Waals surface area contributed by atoms with E-state index in [9.17, 15) is 8.42 Å². The molecule has 0 aromatic carbocycles. The SMILES string of the molecule is CN=C(NCCc1ccco1)NC(C)CCS(C)(=O)=O.I. The summed E-state index contributed by atoms with van der Waals surface area (Å²) in [5, 5.41) is 6.33. The van der Waals surface area contributed by atoms with Crippen molar-refractivity contribution in [3.63, 3.8) is 0 Å². The zero-order valence-electron chi connectivity index (χ0n) is 12.6. The molecule has 2 N–H and O–H groups in total. The fourth-order valence-corrected chi connectivity index (χ4v) is 2.43. The standard InChI is InChI=1S/C13H23N3O3S.HI/c1-11(7-10-20(3,17)18)16-13(14-2)15-8-6-12-5-4-9-19-12;/h4-5,9,11H,6-8,10H2,1-3H3,(H2,14,15,16);1H. The smallest absolute Gasteiger partial charge is 0.191 e. The highest BCUT2D eigenvalue weighted by atomic mass is 127. The third kappa shape index (κ3) is 9.72. The summed E-state index contributed by atoms with van der Waals surface area (Å²) in [6.45, 7) is 2.64. The molecule has 0 aliphatic rings. The van der Waals surface area contributed by atoms with Gasteiger partial charge in [0.25, 0.3) is 0 Å². The van der Waals surface area contributed by atoms with Gasteiger partial charge in [-0.3, -0.25) is 4.99 Å². The Labute approximate surface area is 143 Å². The van der Waals surface area contributed by atoms with Crippen molar-refractivity contribution in [3.8, 4) is 0 Å². The van der Waals surface area contributed by atoms with Crippen molar-refractivity contribution in [2.24, 2.45) is 4.99 Å². The predicted molar refractivity (Wildman–Crippen MR) is 96.1 cm³/mol. The zero-order valence-corrected chi connectivity index (χ0v) is 15.8. The number of nitrogens with one attached hydrogen (secondary N) is 2. The van der Waals surface area contributed by atoms with E-state index in [0.717, 1.165) is 12.2 Å². The number of halogens is 1. The van der Waals surface area contributed by atoms with Crippen LogP contribution in [0, 0.1) is 0 Å². The van der Waals surface area contributed by atoms with Crippen molar-refractivity contribution in [1.29, 1.82) is 0 Å². The first-order valence-electron chi connectivity index (χ1n) is 6.58. The molecule has 1 rings (SSSR count). The Morgan fingerprint density at radius 3 is 2.71 bits per heavy atom. The molecule has 0 saturated heterocycles. The number of nitrogens with zero attached hydrogens (tertiary/aromatic N) is 1. The van der Waals surface area contributed by atoms with Crippen molar-refractivity contribution >= 4 is 39.8 Å². The lowest BCUT2D eigenvalue weighted by Crippen LogP contribution is -2.43. The Hall–Kier alpha value is -0.770. The van der Waals surface area contributed by atoms with Crippen LogP contribution in [0.4, 0.5) is 0 Å². The highest BCUT2D eigenvalue weighted by Gasteiger charge is 2.09. The van der Waals surface area contributed by atoms with Crippen LogP contribution in [0.1, 0.15) is 19.1 Å². The molecule has 122 valence electrons. The van der Waals surface area contributed by atoms with Gasteiger partial charge in [0.1, 0.15) is 15.6 Å². The van der Waals surface area contributed by atoms with Gasteiger partial charge in [-0.2, -0.15) is 0 Å². The summed E-state index contributed by atoms with van der Waals surface area (Å²) in [6.07, 6.45) is 4.22.